The molecule has 0 saturated heterocycles. The molecule has 17 heavy (non-hydrogen) atoms. The fourth-order valence-corrected chi connectivity index (χ4v) is 2.38. The van der Waals surface area contributed by atoms with E-state index in [2.05, 4.69) is 6.92 Å². The minimum absolute atomic E-state index is 0.110. The standard InChI is InChI=1S/C14H19NO2/c1-9-6-11(13(16)17-3)7-12(10(9)2)14(8-15)4-5-14/h6-7H,4-5,8,15H2,1-3H3. The van der Waals surface area contributed by atoms with Crippen LogP contribution in [0.3, 0.4) is 0 Å². The molecular formula is C14H19NO2. The van der Waals surface area contributed by atoms with Gasteiger partial charge in [0.25, 0.3) is 0 Å². The molecule has 1 aromatic carbocycles. The van der Waals surface area contributed by atoms with Crippen LogP contribution in [0.4, 0.5) is 0 Å². The average Bonchev–Trinajstić information content (AvgIpc) is 3.12. The van der Waals surface area contributed by atoms with Crippen LogP contribution in [0.1, 0.15) is 39.9 Å². The summed E-state index contributed by atoms with van der Waals surface area (Å²) in [7, 11) is 1.41. The molecule has 1 aliphatic rings. The van der Waals surface area contributed by atoms with E-state index in [9.17, 15) is 4.79 Å². The van der Waals surface area contributed by atoms with Gasteiger partial charge in [0, 0.05) is 12.0 Å². The van der Waals surface area contributed by atoms with E-state index >= 15 is 0 Å². The number of hydrogen-bond acceptors (Lipinski definition) is 3. The maximum absolute atomic E-state index is 11.6. The number of ether oxygens (including phenoxy) is 1. The Labute approximate surface area is 102 Å². The number of nitrogens with two attached hydrogens (primary N) is 1. The highest BCUT2D eigenvalue weighted by molar-refractivity contribution is 5.90. The number of aryl methyl sites for hydroxylation is 1. The number of rotatable bonds is 3. The summed E-state index contributed by atoms with van der Waals surface area (Å²) in [6.45, 7) is 4.78. The lowest BCUT2D eigenvalue weighted by Crippen LogP contribution is -2.22. The van der Waals surface area contributed by atoms with Gasteiger partial charge in [-0.2, -0.15) is 0 Å². The van der Waals surface area contributed by atoms with Crippen LogP contribution in [0.25, 0.3) is 0 Å². The first-order valence-electron chi connectivity index (χ1n) is 5.94. The third kappa shape index (κ3) is 1.95. The van der Waals surface area contributed by atoms with Crippen LogP contribution in [0, 0.1) is 13.8 Å². The molecule has 0 heterocycles. The van der Waals surface area contributed by atoms with E-state index in [1.54, 1.807) is 0 Å². The van der Waals surface area contributed by atoms with E-state index < -0.39 is 0 Å². The molecular weight excluding hydrogens is 214 g/mol. The zero-order chi connectivity index (χ0) is 12.6. The zero-order valence-corrected chi connectivity index (χ0v) is 10.7. The average molecular weight is 233 g/mol. The van der Waals surface area contributed by atoms with Crippen molar-refractivity contribution in [3.8, 4) is 0 Å². The van der Waals surface area contributed by atoms with Crippen LogP contribution >= 0.6 is 0 Å². The van der Waals surface area contributed by atoms with Gasteiger partial charge in [0.15, 0.2) is 0 Å². The lowest BCUT2D eigenvalue weighted by Gasteiger charge is -2.19. The molecule has 2 N–H and O–H groups in total. The van der Waals surface area contributed by atoms with Gasteiger partial charge in [-0.15, -0.1) is 0 Å². The first-order chi connectivity index (χ1) is 8.04. The molecule has 1 saturated carbocycles. The van der Waals surface area contributed by atoms with E-state index in [0.717, 1.165) is 18.4 Å². The Kier molecular flexibility index (Phi) is 2.96. The quantitative estimate of drug-likeness (QED) is 0.813. The van der Waals surface area contributed by atoms with Crippen LogP contribution in [0.2, 0.25) is 0 Å². The van der Waals surface area contributed by atoms with E-state index in [1.807, 2.05) is 19.1 Å². The molecule has 0 spiro atoms. The van der Waals surface area contributed by atoms with Gasteiger partial charge >= 0.3 is 5.97 Å². The van der Waals surface area contributed by atoms with Crippen LogP contribution in [0.5, 0.6) is 0 Å². The van der Waals surface area contributed by atoms with E-state index in [4.69, 9.17) is 10.5 Å². The van der Waals surface area contributed by atoms with Gasteiger partial charge < -0.3 is 10.5 Å². The largest absolute Gasteiger partial charge is 0.465 e. The van der Waals surface area contributed by atoms with Crippen molar-refractivity contribution in [2.24, 2.45) is 5.73 Å². The van der Waals surface area contributed by atoms with Gasteiger partial charge in [-0.25, -0.2) is 4.79 Å². The number of benzene rings is 1. The Hall–Kier alpha value is -1.35. The molecule has 0 aromatic heterocycles. The maximum Gasteiger partial charge on any atom is 0.337 e. The molecule has 0 aliphatic heterocycles. The summed E-state index contributed by atoms with van der Waals surface area (Å²) >= 11 is 0. The van der Waals surface area contributed by atoms with Crippen molar-refractivity contribution in [2.75, 3.05) is 13.7 Å². The summed E-state index contributed by atoms with van der Waals surface area (Å²) in [6, 6.07) is 3.84. The Morgan fingerprint density at radius 2 is 2.06 bits per heavy atom. The van der Waals surface area contributed by atoms with Crippen molar-refractivity contribution < 1.29 is 9.53 Å². The second-order valence-corrected chi connectivity index (χ2v) is 4.94. The topological polar surface area (TPSA) is 52.3 Å². The molecule has 0 amide bonds. The first-order valence-corrected chi connectivity index (χ1v) is 5.94. The van der Waals surface area contributed by atoms with Gasteiger partial charge in [0.05, 0.1) is 12.7 Å². The highest BCUT2D eigenvalue weighted by Crippen LogP contribution is 2.49. The van der Waals surface area contributed by atoms with Gasteiger partial charge in [-0.1, -0.05) is 0 Å². The predicted octanol–water partition coefficient (Wildman–Crippen LogP) is 2.08. The van der Waals surface area contributed by atoms with Crippen molar-refractivity contribution in [1.29, 1.82) is 0 Å². The smallest absolute Gasteiger partial charge is 0.337 e. The van der Waals surface area contributed by atoms with E-state index in [1.165, 1.54) is 18.2 Å². The second kappa shape index (κ2) is 4.15. The van der Waals surface area contributed by atoms with Crippen LogP contribution in [-0.4, -0.2) is 19.6 Å². The predicted molar refractivity (Wildman–Crippen MR) is 67.2 cm³/mol. The lowest BCUT2D eigenvalue weighted by atomic mass is 9.88. The van der Waals surface area contributed by atoms with Gasteiger partial charge in [-0.3, -0.25) is 0 Å². The summed E-state index contributed by atoms with van der Waals surface area (Å²) < 4.78 is 4.78. The number of esters is 1. The first kappa shape index (κ1) is 12.1. The minimum Gasteiger partial charge on any atom is -0.465 e. The molecule has 3 nitrogen and oxygen atoms in total. The number of hydrogen-bond donors (Lipinski definition) is 1. The lowest BCUT2D eigenvalue weighted by molar-refractivity contribution is 0.0600. The molecule has 1 aromatic rings. The fraction of sp³-hybridized carbons (Fsp3) is 0.500. The monoisotopic (exact) mass is 233 g/mol. The Morgan fingerprint density at radius 1 is 1.41 bits per heavy atom. The maximum atomic E-state index is 11.6. The van der Waals surface area contributed by atoms with Gasteiger partial charge in [0.1, 0.15) is 0 Å². The highest BCUT2D eigenvalue weighted by atomic mass is 16.5. The molecule has 0 bridgehead atoms. The fourth-order valence-electron chi connectivity index (χ4n) is 2.38. The molecule has 3 heteroatoms. The van der Waals surface area contributed by atoms with Crippen molar-refractivity contribution in [1.82, 2.24) is 0 Å². The summed E-state index contributed by atoms with van der Waals surface area (Å²) in [5.74, 6) is -0.276. The zero-order valence-electron chi connectivity index (χ0n) is 10.7. The highest BCUT2D eigenvalue weighted by Gasteiger charge is 2.44. The summed E-state index contributed by atoms with van der Waals surface area (Å²) in [6.07, 6.45) is 2.24. The molecule has 1 fully saturated rings. The second-order valence-electron chi connectivity index (χ2n) is 4.94. The van der Waals surface area contributed by atoms with Crippen molar-refractivity contribution >= 4 is 5.97 Å². The normalized spacial score (nSPS) is 16.7. The third-order valence-electron chi connectivity index (χ3n) is 3.90. The summed E-state index contributed by atoms with van der Waals surface area (Å²) in [4.78, 5) is 11.6. The Balaban J connectivity index is 2.51. The van der Waals surface area contributed by atoms with Gasteiger partial charge in [0.2, 0.25) is 0 Å². The van der Waals surface area contributed by atoms with Crippen LogP contribution < -0.4 is 5.73 Å². The van der Waals surface area contributed by atoms with Crippen molar-refractivity contribution in [2.45, 2.75) is 32.1 Å². The molecule has 0 unspecified atom stereocenters. The molecule has 1 aliphatic carbocycles. The Morgan fingerprint density at radius 3 is 2.53 bits per heavy atom. The third-order valence-corrected chi connectivity index (χ3v) is 3.90. The van der Waals surface area contributed by atoms with Crippen LogP contribution in [0.15, 0.2) is 12.1 Å². The Bertz CT molecular complexity index is 462. The number of carbonyl (C=O) groups is 1. The van der Waals surface area contributed by atoms with E-state index in [-0.39, 0.29) is 11.4 Å². The molecule has 0 radical (unpaired) electrons. The molecule has 0 atom stereocenters. The number of carbonyl (C=O) groups excluding carboxylic acids is 1. The number of methoxy groups -OCH3 is 1. The van der Waals surface area contributed by atoms with Crippen molar-refractivity contribution in [3.05, 3.63) is 34.4 Å². The summed E-state index contributed by atoms with van der Waals surface area (Å²) in [5, 5.41) is 0. The molecule has 92 valence electrons. The SMILES string of the molecule is COC(=O)c1cc(C)c(C)c(C2(CN)CC2)c1. The van der Waals surface area contributed by atoms with Crippen LogP contribution in [-0.2, 0) is 10.2 Å². The molecule has 2 rings (SSSR count). The van der Waals surface area contributed by atoms with Crippen molar-refractivity contribution in [3.63, 3.8) is 0 Å². The van der Waals surface area contributed by atoms with E-state index in [0.29, 0.717) is 12.1 Å². The minimum atomic E-state index is -0.276. The summed E-state index contributed by atoms with van der Waals surface area (Å²) in [5.41, 5.74) is 10.2. The van der Waals surface area contributed by atoms with Gasteiger partial charge in [-0.05, 0) is 55.5 Å².